The summed E-state index contributed by atoms with van der Waals surface area (Å²) in [5.41, 5.74) is 0.498. The maximum Gasteiger partial charge on any atom is 0.372 e. The van der Waals surface area contributed by atoms with Gasteiger partial charge in [0.25, 0.3) is 0 Å². The number of rotatable bonds is 6. The molecule has 1 aliphatic rings. The summed E-state index contributed by atoms with van der Waals surface area (Å²) in [6.07, 6.45) is 1.61. The van der Waals surface area contributed by atoms with E-state index in [0.29, 0.717) is 12.0 Å². The Morgan fingerprint density at radius 1 is 1.23 bits per heavy atom. The van der Waals surface area contributed by atoms with E-state index in [4.69, 9.17) is 13.8 Å². The van der Waals surface area contributed by atoms with Crippen molar-refractivity contribution in [2.75, 3.05) is 6.66 Å². The summed E-state index contributed by atoms with van der Waals surface area (Å²) in [5.74, 6) is -0.445. The van der Waals surface area contributed by atoms with E-state index in [9.17, 15) is 23.9 Å². The van der Waals surface area contributed by atoms with Gasteiger partial charge in [-0.05, 0) is 24.1 Å². The minimum absolute atomic E-state index is 0.0543. The summed E-state index contributed by atoms with van der Waals surface area (Å²) in [5, 5.41) is 8.33. The van der Waals surface area contributed by atoms with Gasteiger partial charge in [0.2, 0.25) is 18.7 Å². The van der Waals surface area contributed by atoms with Crippen LogP contribution in [0.25, 0.3) is 0 Å². The molecule has 2 aromatic rings. The molecule has 0 saturated carbocycles. The van der Waals surface area contributed by atoms with Gasteiger partial charge in [-0.3, -0.25) is 28.0 Å². The number of aromatic nitrogens is 1. The quantitative estimate of drug-likeness (QED) is 0.379. The van der Waals surface area contributed by atoms with E-state index in [0.717, 1.165) is 6.66 Å². The molecule has 4 atom stereocenters. The number of benzene rings is 1. The van der Waals surface area contributed by atoms with Crippen LogP contribution in [0.1, 0.15) is 37.2 Å². The predicted octanol–water partition coefficient (Wildman–Crippen LogP) is 3.81. The van der Waals surface area contributed by atoms with E-state index in [2.05, 4.69) is 4.98 Å². The summed E-state index contributed by atoms with van der Waals surface area (Å²) < 4.78 is 42.4. The van der Waals surface area contributed by atoms with Gasteiger partial charge >= 0.3 is 13.6 Å². The number of esters is 1. The Hall–Kier alpha value is -1.86. The van der Waals surface area contributed by atoms with Crippen LogP contribution in [-0.2, 0) is 29.4 Å². The number of hydrogen-bond donors (Lipinski definition) is 2. The summed E-state index contributed by atoms with van der Waals surface area (Å²) in [6.45, 7) is 2.90. The van der Waals surface area contributed by atoms with E-state index in [1.165, 1.54) is 24.5 Å². The second-order valence-electron chi connectivity index (χ2n) is 6.98. The Balaban J connectivity index is 1.94. The standard InChI is InChI=1S/C19H23NO8P2/c1-3-7-17(21)26-16-10-5-4-9-15(16)18-27-29(2,23)19(22,30(24,25)28-18)12-14-8-6-11-20-13-14/h4-6,8-11,13,18,22H,3,7,12H2,1-2H3,(H,24,25). The molecule has 0 bridgehead atoms. The van der Waals surface area contributed by atoms with Gasteiger partial charge in [0, 0.05) is 31.9 Å². The van der Waals surface area contributed by atoms with Crippen LogP contribution in [0.2, 0.25) is 0 Å². The van der Waals surface area contributed by atoms with E-state index in [1.807, 2.05) is 6.92 Å². The minimum Gasteiger partial charge on any atom is -0.426 e. The Morgan fingerprint density at radius 3 is 2.60 bits per heavy atom. The molecule has 11 heteroatoms. The van der Waals surface area contributed by atoms with Crippen molar-refractivity contribution in [1.29, 1.82) is 0 Å². The number of carbonyl (C=O) groups is 1. The number of ether oxygens (including phenoxy) is 1. The first-order valence-corrected chi connectivity index (χ1v) is 12.9. The summed E-state index contributed by atoms with van der Waals surface area (Å²) in [4.78, 5) is 26.4. The fraction of sp³-hybridized carbons (Fsp3) is 0.368. The predicted molar refractivity (Wildman–Crippen MR) is 108 cm³/mol. The van der Waals surface area contributed by atoms with Gasteiger partial charge in [0.05, 0.1) is 5.56 Å². The third kappa shape index (κ3) is 4.42. The molecule has 3 rings (SSSR count). The fourth-order valence-corrected chi connectivity index (χ4v) is 7.32. The number of nitrogens with zero attached hydrogens (tertiary/aromatic N) is 1. The fourth-order valence-electron chi connectivity index (χ4n) is 3.01. The molecule has 9 nitrogen and oxygen atoms in total. The van der Waals surface area contributed by atoms with Gasteiger partial charge in [0.1, 0.15) is 5.75 Å². The van der Waals surface area contributed by atoms with Crippen molar-refractivity contribution in [2.24, 2.45) is 0 Å². The summed E-state index contributed by atoms with van der Waals surface area (Å²) in [6, 6.07) is 9.26. The van der Waals surface area contributed by atoms with Crippen molar-refractivity contribution in [2.45, 2.75) is 37.6 Å². The lowest BCUT2D eigenvalue weighted by atomic mass is 10.2. The van der Waals surface area contributed by atoms with Gasteiger partial charge in [-0.25, -0.2) is 0 Å². The first kappa shape index (κ1) is 22.8. The molecule has 1 aromatic carbocycles. The molecular weight excluding hydrogens is 432 g/mol. The summed E-state index contributed by atoms with van der Waals surface area (Å²) >= 11 is 0. The number of pyridine rings is 1. The molecule has 0 spiro atoms. The monoisotopic (exact) mass is 455 g/mol. The van der Waals surface area contributed by atoms with Crippen molar-refractivity contribution in [3.63, 3.8) is 0 Å². The lowest BCUT2D eigenvalue weighted by Crippen LogP contribution is -2.37. The molecule has 1 fully saturated rings. The topological polar surface area (TPSA) is 132 Å². The van der Waals surface area contributed by atoms with Crippen molar-refractivity contribution >= 4 is 20.9 Å². The first-order valence-electron chi connectivity index (χ1n) is 9.28. The van der Waals surface area contributed by atoms with Crippen molar-refractivity contribution in [3.05, 3.63) is 59.9 Å². The summed E-state index contributed by atoms with van der Waals surface area (Å²) in [7, 11) is -9.02. The molecule has 0 aliphatic carbocycles. The molecule has 1 aliphatic heterocycles. The number of para-hydroxylation sites is 1. The van der Waals surface area contributed by atoms with Crippen LogP contribution in [0.3, 0.4) is 0 Å². The molecule has 4 unspecified atom stereocenters. The van der Waals surface area contributed by atoms with E-state index >= 15 is 0 Å². The average molecular weight is 455 g/mol. The number of hydrogen-bond acceptors (Lipinski definition) is 8. The van der Waals surface area contributed by atoms with Crippen LogP contribution < -0.4 is 4.74 Å². The smallest absolute Gasteiger partial charge is 0.372 e. The van der Waals surface area contributed by atoms with Crippen LogP contribution in [0.5, 0.6) is 5.75 Å². The largest absolute Gasteiger partial charge is 0.426 e. The zero-order valence-corrected chi connectivity index (χ0v) is 18.3. The highest BCUT2D eigenvalue weighted by Gasteiger charge is 2.64. The molecule has 1 saturated heterocycles. The van der Waals surface area contributed by atoms with Crippen LogP contribution >= 0.6 is 15.0 Å². The third-order valence-corrected chi connectivity index (χ3v) is 10.1. The highest BCUT2D eigenvalue weighted by Crippen LogP contribution is 2.79. The van der Waals surface area contributed by atoms with Gasteiger partial charge in [-0.2, -0.15) is 0 Å². The van der Waals surface area contributed by atoms with Crippen molar-refractivity contribution in [3.8, 4) is 5.75 Å². The minimum atomic E-state index is -4.88. The average Bonchev–Trinajstić information content (AvgIpc) is 2.67. The highest BCUT2D eigenvalue weighted by molar-refractivity contribution is 7.75. The number of aliphatic hydroxyl groups is 1. The molecule has 162 valence electrons. The Bertz CT molecular complexity index is 987. The van der Waals surface area contributed by atoms with Crippen LogP contribution in [0.4, 0.5) is 0 Å². The highest BCUT2D eigenvalue weighted by atomic mass is 31.2. The Morgan fingerprint density at radius 2 is 1.97 bits per heavy atom. The zero-order valence-electron chi connectivity index (χ0n) is 16.5. The third-order valence-electron chi connectivity index (χ3n) is 4.65. The lowest BCUT2D eigenvalue weighted by molar-refractivity contribution is -0.134. The van der Waals surface area contributed by atoms with Crippen LogP contribution in [-0.4, -0.2) is 32.7 Å². The maximum atomic E-state index is 13.3. The second kappa shape index (κ2) is 8.71. The molecule has 2 N–H and O–H groups in total. The van der Waals surface area contributed by atoms with Gasteiger partial charge < -0.3 is 14.7 Å². The van der Waals surface area contributed by atoms with E-state index in [-0.39, 0.29) is 17.7 Å². The molecule has 30 heavy (non-hydrogen) atoms. The van der Waals surface area contributed by atoms with Crippen LogP contribution in [0, 0.1) is 0 Å². The maximum absolute atomic E-state index is 13.3. The molecule has 0 radical (unpaired) electrons. The SMILES string of the molecule is CCCC(=O)Oc1ccccc1C1OP(C)(=O)C(O)(Cc2cccnc2)P(=O)(O)O1. The van der Waals surface area contributed by atoms with Crippen molar-refractivity contribution in [1.82, 2.24) is 4.98 Å². The van der Waals surface area contributed by atoms with Crippen molar-refractivity contribution < 1.29 is 37.7 Å². The molecular formula is C19H23NO8P2. The van der Waals surface area contributed by atoms with Gasteiger partial charge in [-0.1, -0.05) is 31.2 Å². The lowest BCUT2D eigenvalue weighted by Gasteiger charge is -2.43. The molecule has 0 amide bonds. The van der Waals surface area contributed by atoms with Gasteiger partial charge in [0.15, 0.2) is 0 Å². The van der Waals surface area contributed by atoms with E-state index < -0.39 is 38.7 Å². The zero-order chi connectivity index (χ0) is 22.0. The van der Waals surface area contributed by atoms with Gasteiger partial charge in [-0.15, -0.1) is 0 Å². The Kier molecular flexibility index (Phi) is 6.63. The molecule has 2 heterocycles. The molecule has 1 aromatic heterocycles. The van der Waals surface area contributed by atoms with Crippen LogP contribution in [0.15, 0.2) is 48.8 Å². The second-order valence-corrected chi connectivity index (χ2v) is 12.0. The first-order chi connectivity index (χ1) is 14.1. The van der Waals surface area contributed by atoms with E-state index in [1.54, 1.807) is 24.3 Å². The normalized spacial score (nSPS) is 31.3. The number of carbonyl (C=O) groups excluding carboxylic acids is 1. The Labute approximate surface area is 174 Å².